The minimum Gasteiger partial charge on any atom is -0.435 e. The van der Waals surface area contributed by atoms with Crippen molar-refractivity contribution in [1.82, 2.24) is 4.57 Å². The van der Waals surface area contributed by atoms with Crippen LogP contribution in [-0.4, -0.2) is 11.2 Å². The standard InChI is InChI=1S/C16H18F2N2O/c1-10-9-13-14(19)3-2-4-15(13)20(10)11-5-7-12(8-6-11)21-16(17)18/h5-9,14,16H,2-4,19H2,1H3. The summed E-state index contributed by atoms with van der Waals surface area (Å²) in [7, 11) is 0. The van der Waals surface area contributed by atoms with Crippen LogP contribution in [0.1, 0.15) is 35.8 Å². The van der Waals surface area contributed by atoms with Crippen LogP contribution in [0.2, 0.25) is 0 Å². The Morgan fingerprint density at radius 3 is 2.67 bits per heavy atom. The molecule has 3 nitrogen and oxygen atoms in total. The van der Waals surface area contributed by atoms with E-state index in [2.05, 4.69) is 15.4 Å². The van der Waals surface area contributed by atoms with Gasteiger partial charge in [-0.2, -0.15) is 8.78 Å². The molecule has 0 saturated heterocycles. The van der Waals surface area contributed by atoms with Crippen LogP contribution in [0.5, 0.6) is 5.75 Å². The lowest BCUT2D eigenvalue weighted by Gasteiger charge is -2.21. The van der Waals surface area contributed by atoms with Crippen LogP contribution < -0.4 is 10.5 Å². The van der Waals surface area contributed by atoms with Gasteiger partial charge in [-0.1, -0.05) is 0 Å². The molecule has 0 fully saturated rings. The molecule has 0 saturated carbocycles. The van der Waals surface area contributed by atoms with Crippen molar-refractivity contribution >= 4 is 0 Å². The molecule has 1 aromatic carbocycles. The summed E-state index contributed by atoms with van der Waals surface area (Å²) in [5, 5.41) is 0. The molecule has 0 radical (unpaired) electrons. The topological polar surface area (TPSA) is 40.2 Å². The third-order valence-corrected chi connectivity index (χ3v) is 3.97. The van der Waals surface area contributed by atoms with E-state index in [-0.39, 0.29) is 11.8 Å². The van der Waals surface area contributed by atoms with E-state index in [9.17, 15) is 8.78 Å². The number of ether oxygens (including phenoxy) is 1. The molecule has 1 aliphatic carbocycles. The minimum absolute atomic E-state index is 0.0927. The van der Waals surface area contributed by atoms with Crippen LogP contribution in [0.25, 0.3) is 5.69 Å². The molecule has 3 rings (SSSR count). The highest BCUT2D eigenvalue weighted by Gasteiger charge is 2.22. The Balaban J connectivity index is 1.97. The van der Waals surface area contributed by atoms with E-state index in [1.807, 2.05) is 6.92 Å². The summed E-state index contributed by atoms with van der Waals surface area (Å²) < 4.78 is 30.9. The second kappa shape index (κ2) is 5.48. The van der Waals surface area contributed by atoms with E-state index in [0.717, 1.165) is 30.6 Å². The third-order valence-electron chi connectivity index (χ3n) is 3.97. The Morgan fingerprint density at radius 1 is 1.29 bits per heavy atom. The van der Waals surface area contributed by atoms with Gasteiger partial charge in [0.25, 0.3) is 0 Å². The number of hydrogen-bond acceptors (Lipinski definition) is 2. The molecule has 2 aromatic rings. The number of alkyl halides is 2. The first-order valence-electron chi connectivity index (χ1n) is 7.08. The van der Waals surface area contributed by atoms with Gasteiger partial charge in [0.1, 0.15) is 5.75 Å². The maximum absolute atomic E-state index is 12.2. The van der Waals surface area contributed by atoms with E-state index in [1.165, 1.54) is 11.3 Å². The van der Waals surface area contributed by atoms with Crippen molar-refractivity contribution in [1.29, 1.82) is 0 Å². The first kappa shape index (κ1) is 14.1. The van der Waals surface area contributed by atoms with Gasteiger partial charge < -0.3 is 15.0 Å². The van der Waals surface area contributed by atoms with Crippen molar-refractivity contribution in [2.45, 2.75) is 38.8 Å². The zero-order chi connectivity index (χ0) is 15.0. The SMILES string of the molecule is Cc1cc2c(n1-c1ccc(OC(F)F)cc1)CCCC2N. The number of nitrogens with two attached hydrogens (primary N) is 1. The molecule has 5 heteroatoms. The van der Waals surface area contributed by atoms with Gasteiger partial charge in [0, 0.05) is 23.1 Å². The second-order valence-corrected chi connectivity index (χ2v) is 5.39. The minimum atomic E-state index is -2.80. The van der Waals surface area contributed by atoms with E-state index in [4.69, 9.17) is 5.73 Å². The van der Waals surface area contributed by atoms with Gasteiger partial charge in [0.15, 0.2) is 0 Å². The molecule has 0 amide bonds. The molecule has 1 unspecified atom stereocenters. The fourth-order valence-corrected chi connectivity index (χ4v) is 3.07. The summed E-state index contributed by atoms with van der Waals surface area (Å²) in [5.41, 5.74) is 10.7. The lowest BCUT2D eigenvalue weighted by atomic mass is 9.93. The molecule has 0 aliphatic heterocycles. The third kappa shape index (κ3) is 2.65. The van der Waals surface area contributed by atoms with Crippen molar-refractivity contribution in [2.24, 2.45) is 5.73 Å². The number of nitrogens with zero attached hydrogens (tertiary/aromatic N) is 1. The predicted molar refractivity (Wildman–Crippen MR) is 77.0 cm³/mol. The number of fused-ring (bicyclic) bond motifs is 1. The van der Waals surface area contributed by atoms with Crippen molar-refractivity contribution < 1.29 is 13.5 Å². The number of aromatic nitrogens is 1. The molecule has 2 N–H and O–H groups in total. The zero-order valence-electron chi connectivity index (χ0n) is 11.9. The van der Waals surface area contributed by atoms with Crippen LogP contribution in [0.15, 0.2) is 30.3 Å². The first-order valence-corrected chi connectivity index (χ1v) is 7.08. The van der Waals surface area contributed by atoms with Crippen LogP contribution in [0, 0.1) is 6.92 Å². The van der Waals surface area contributed by atoms with E-state index in [0.29, 0.717) is 0 Å². The summed E-state index contributed by atoms with van der Waals surface area (Å²) in [5.74, 6) is 0.170. The summed E-state index contributed by atoms with van der Waals surface area (Å²) in [4.78, 5) is 0. The van der Waals surface area contributed by atoms with Crippen molar-refractivity contribution in [3.63, 3.8) is 0 Å². The molecule has 1 aliphatic rings. The highest BCUT2D eigenvalue weighted by Crippen LogP contribution is 2.33. The normalized spacial score (nSPS) is 17.9. The van der Waals surface area contributed by atoms with Gasteiger partial charge in [-0.25, -0.2) is 0 Å². The molecule has 1 heterocycles. The Bertz CT molecular complexity index is 634. The summed E-state index contributed by atoms with van der Waals surface area (Å²) in [6.45, 7) is -0.760. The van der Waals surface area contributed by atoms with Crippen LogP contribution in [0.4, 0.5) is 8.78 Å². The van der Waals surface area contributed by atoms with Crippen LogP contribution in [-0.2, 0) is 6.42 Å². The van der Waals surface area contributed by atoms with Crippen molar-refractivity contribution in [3.05, 3.63) is 47.3 Å². The molecule has 0 bridgehead atoms. The van der Waals surface area contributed by atoms with Gasteiger partial charge in [-0.3, -0.25) is 0 Å². The number of aryl methyl sites for hydroxylation is 1. The fraction of sp³-hybridized carbons (Fsp3) is 0.375. The van der Waals surface area contributed by atoms with E-state index in [1.54, 1.807) is 24.3 Å². The molecular formula is C16H18F2N2O. The predicted octanol–water partition coefficient (Wildman–Crippen LogP) is 3.72. The van der Waals surface area contributed by atoms with Crippen molar-refractivity contribution in [3.8, 4) is 11.4 Å². The maximum atomic E-state index is 12.2. The average Bonchev–Trinajstić information content (AvgIpc) is 2.77. The van der Waals surface area contributed by atoms with Gasteiger partial charge in [-0.15, -0.1) is 0 Å². The largest absolute Gasteiger partial charge is 0.435 e. The average molecular weight is 292 g/mol. The number of halogens is 2. The monoisotopic (exact) mass is 292 g/mol. The van der Waals surface area contributed by atoms with Gasteiger partial charge in [-0.05, 0) is 62.1 Å². The highest BCUT2D eigenvalue weighted by molar-refractivity contribution is 5.45. The first-order chi connectivity index (χ1) is 10.1. The molecule has 1 atom stereocenters. The molecule has 1 aromatic heterocycles. The smallest absolute Gasteiger partial charge is 0.387 e. The Kier molecular flexibility index (Phi) is 3.68. The quantitative estimate of drug-likeness (QED) is 0.936. The Hall–Kier alpha value is -1.88. The highest BCUT2D eigenvalue weighted by atomic mass is 19.3. The molecule has 21 heavy (non-hydrogen) atoms. The summed E-state index contributed by atoms with van der Waals surface area (Å²) in [6, 6.07) is 8.95. The van der Waals surface area contributed by atoms with Crippen molar-refractivity contribution in [2.75, 3.05) is 0 Å². The maximum Gasteiger partial charge on any atom is 0.387 e. The lowest BCUT2D eigenvalue weighted by Crippen LogP contribution is -2.17. The van der Waals surface area contributed by atoms with E-state index < -0.39 is 6.61 Å². The van der Waals surface area contributed by atoms with E-state index >= 15 is 0 Å². The number of hydrogen-bond donors (Lipinski definition) is 1. The summed E-state index contributed by atoms with van der Waals surface area (Å²) in [6.07, 6.45) is 3.08. The fourth-order valence-electron chi connectivity index (χ4n) is 3.07. The molecular weight excluding hydrogens is 274 g/mol. The Labute approximate surface area is 122 Å². The van der Waals surface area contributed by atoms with Crippen LogP contribution in [0.3, 0.4) is 0 Å². The van der Waals surface area contributed by atoms with Crippen LogP contribution >= 0.6 is 0 Å². The van der Waals surface area contributed by atoms with Gasteiger partial charge in [0.2, 0.25) is 0 Å². The molecule has 0 spiro atoms. The number of rotatable bonds is 3. The molecule has 112 valence electrons. The second-order valence-electron chi connectivity index (χ2n) is 5.39. The van der Waals surface area contributed by atoms with Gasteiger partial charge in [0.05, 0.1) is 0 Å². The Morgan fingerprint density at radius 2 is 2.00 bits per heavy atom. The lowest BCUT2D eigenvalue weighted by molar-refractivity contribution is -0.0498. The summed E-state index contributed by atoms with van der Waals surface area (Å²) >= 11 is 0. The van der Waals surface area contributed by atoms with Gasteiger partial charge >= 0.3 is 6.61 Å². The zero-order valence-corrected chi connectivity index (χ0v) is 11.9. The number of benzene rings is 1.